The third kappa shape index (κ3) is 4.21. The Morgan fingerprint density at radius 1 is 1.44 bits per heavy atom. The first kappa shape index (κ1) is 14.3. The lowest BCUT2D eigenvalue weighted by Crippen LogP contribution is -2.43. The standard InChI is InChI=1S/C13H19BrN2S2/c1-16(9-11-7-8-12(14)18-11)13(17)15-10-5-3-2-4-6-10/h7-8,10H,2-6,9H2,1H3,(H,15,17). The summed E-state index contributed by atoms with van der Waals surface area (Å²) in [6, 6.07) is 4.82. The van der Waals surface area contributed by atoms with E-state index in [9.17, 15) is 0 Å². The molecule has 1 aromatic rings. The van der Waals surface area contributed by atoms with Gasteiger partial charge in [0.05, 0.1) is 10.3 Å². The van der Waals surface area contributed by atoms with Gasteiger partial charge in [0.15, 0.2) is 5.11 Å². The molecule has 0 unspecified atom stereocenters. The molecule has 18 heavy (non-hydrogen) atoms. The molecule has 0 spiro atoms. The van der Waals surface area contributed by atoms with Crippen molar-refractivity contribution in [2.75, 3.05) is 7.05 Å². The van der Waals surface area contributed by atoms with Crippen molar-refractivity contribution in [3.8, 4) is 0 Å². The third-order valence-corrected chi connectivity index (χ3v) is 5.34. The van der Waals surface area contributed by atoms with E-state index in [1.165, 1.54) is 40.8 Å². The second-order valence-electron chi connectivity index (χ2n) is 4.85. The zero-order chi connectivity index (χ0) is 13.0. The van der Waals surface area contributed by atoms with E-state index in [2.05, 4.69) is 45.3 Å². The van der Waals surface area contributed by atoms with Crippen molar-refractivity contribution >= 4 is 44.6 Å². The first-order valence-electron chi connectivity index (χ1n) is 6.41. The molecule has 2 rings (SSSR count). The van der Waals surface area contributed by atoms with Gasteiger partial charge in [-0.2, -0.15) is 0 Å². The van der Waals surface area contributed by atoms with Gasteiger partial charge in [-0.1, -0.05) is 19.3 Å². The molecule has 1 fully saturated rings. The quantitative estimate of drug-likeness (QED) is 0.827. The second-order valence-corrected chi connectivity index (χ2v) is 7.78. The molecule has 2 nitrogen and oxygen atoms in total. The van der Waals surface area contributed by atoms with Crippen LogP contribution >= 0.6 is 39.5 Å². The fraction of sp³-hybridized carbons (Fsp3) is 0.615. The Morgan fingerprint density at radius 2 is 2.17 bits per heavy atom. The Balaban J connectivity index is 1.80. The van der Waals surface area contributed by atoms with Crippen LogP contribution in [-0.4, -0.2) is 23.1 Å². The highest BCUT2D eigenvalue weighted by Crippen LogP contribution is 2.23. The summed E-state index contributed by atoms with van der Waals surface area (Å²) in [6.45, 7) is 0.884. The molecule has 0 aliphatic heterocycles. The van der Waals surface area contributed by atoms with Gasteiger partial charge in [-0.15, -0.1) is 11.3 Å². The van der Waals surface area contributed by atoms with Crippen LogP contribution in [0.15, 0.2) is 15.9 Å². The fourth-order valence-corrected chi connectivity index (χ4v) is 4.04. The zero-order valence-electron chi connectivity index (χ0n) is 10.6. The largest absolute Gasteiger partial charge is 0.360 e. The summed E-state index contributed by atoms with van der Waals surface area (Å²) >= 11 is 10.7. The molecule has 1 N–H and O–H groups in total. The molecule has 5 heteroatoms. The smallest absolute Gasteiger partial charge is 0.169 e. The van der Waals surface area contributed by atoms with E-state index < -0.39 is 0 Å². The Hall–Kier alpha value is -0.130. The van der Waals surface area contributed by atoms with Gasteiger partial charge in [-0.05, 0) is 53.1 Å². The topological polar surface area (TPSA) is 15.3 Å². The van der Waals surface area contributed by atoms with Crippen molar-refractivity contribution in [2.45, 2.75) is 44.7 Å². The number of nitrogens with one attached hydrogen (secondary N) is 1. The van der Waals surface area contributed by atoms with Gasteiger partial charge in [0.25, 0.3) is 0 Å². The number of thiocarbonyl (C=S) groups is 1. The van der Waals surface area contributed by atoms with Crippen LogP contribution in [0.25, 0.3) is 0 Å². The minimum atomic E-state index is 0.587. The monoisotopic (exact) mass is 346 g/mol. The van der Waals surface area contributed by atoms with Gasteiger partial charge in [0.1, 0.15) is 0 Å². The van der Waals surface area contributed by atoms with E-state index in [1.54, 1.807) is 11.3 Å². The summed E-state index contributed by atoms with van der Waals surface area (Å²) in [5.74, 6) is 0. The van der Waals surface area contributed by atoms with Crippen molar-refractivity contribution in [3.63, 3.8) is 0 Å². The van der Waals surface area contributed by atoms with E-state index >= 15 is 0 Å². The molecule has 0 amide bonds. The summed E-state index contributed by atoms with van der Waals surface area (Å²) in [4.78, 5) is 3.46. The molecule has 1 heterocycles. The summed E-state index contributed by atoms with van der Waals surface area (Å²) < 4.78 is 1.18. The molecular weight excluding hydrogens is 328 g/mol. The van der Waals surface area contributed by atoms with Crippen LogP contribution in [0, 0.1) is 0 Å². The highest BCUT2D eigenvalue weighted by atomic mass is 79.9. The minimum Gasteiger partial charge on any atom is -0.360 e. The van der Waals surface area contributed by atoms with Gasteiger partial charge in [-0.25, -0.2) is 0 Å². The van der Waals surface area contributed by atoms with Gasteiger partial charge in [0.2, 0.25) is 0 Å². The molecule has 1 aliphatic rings. The minimum absolute atomic E-state index is 0.587. The number of thiophene rings is 1. The summed E-state index contributed by atoms with van der Waals surface area (Å²) in [6.07, 6.45) is 6.57. The Bertz CT molecular complexity index is 399. The van der Waals surface area contributed by atoms with Gasteiger partial charge in [-0.3, -0.25) is 0 Å². The predicted octanol–water partition coefficient (Wildman–Crippen LogP) is 4.15. The van der Waals surface area contributed by atoms with E-state index in [4.69, 9.17) is 12.2 Å². The predicted molar refractivity (Wildman–Crippen MR) is 86.1 cm³/mol. The number of hydrogen-bond acceptors (Lipinski definition) is 2. The molecular formula is C13H19BrN2S2. The number of nitrogens with zero attached hydrogens (tertiary/aromatic N) is 1. The van der Waals surface area contributed by atoms with E-state index in [1.807, 2.05) is 0 Å². The highest BCUT2D eigenvalue weighted by molar-refractivity contribution is 9.11. The molecule has 0 atom stereocenters. The maximum absolute atomic E-state index is 5.47. The first-order valence-corrected chi connectivity index (χ1v) is 8.43. The van der Waals surface area contributed by atoms with Crippen LogP contribution in [0.1, 0.15) is 37.0 Å². The lowest BCUT2D eigenvalue weighted by molar-refractivity contribution is 0.393. The third-order valence-electron chi connectivity index (χ3n) is 3.30. The summed E-state index contributed by atoms with van der Waals surface area (Å²) in [7, 11) is 2.06. The molecule has 0 bridgehead atoms. The van der Waals surface area contributed by atoms with Crippen molar-refractivity contribution in [1.82, 2.24) is 10.2 Å². The van der Waals surface area contributed by atoms with Crippen molar-refractivity contribution < 1.29 is 0 Å². The molecule has 0 radical (unpaired) electrons. The maximum Gasteiger partial charge on any atom is 0.169 e. The molecule has 100 valence electrons. The Kier molecular flexibility index (Phi) is 5.45. The van der Waals surface area contributed by atoms with Crippen molar-refractivity contribution in [3.05, 3.63) is 20.8 Å². The molecule has 1 aliphatic carbocycles. The Labute approximate surface area is 127 Å². The van der Waals surface area contributed by atoms with Crippen LogP contribution in [0.5, 0.6) is 0 Å². The van der Waals surface area contributed by atoms with Crippen molar-refractivity contribution in [1.29, 1.82) is 0 Å². The summed E-state index contributed by atoms with van der Waals surface area (Å²) in [5.41, 5.74) is 0. The van der Waals surface area contributed by atoms with Crippen LogP contribution in [-0.2, 0) is 6.54 Å². The fourth-order valence-electron chi connectivity index (χ4n) is 2.27. The molecule has 0 saturated heterocycles. The zero-order valence-corrected chi connectivity index (χ0v) is 13.8. The van der Waals surface area contributed by atoms with Gasteiger partial charge in [0, 0.05) is 18.0 Å². The highest BCUT2D eigenvalue weighted by Gasteiger charge is 2.15. The number of halogens is 1. The van der Waals surface area contributed by atoms with Crippen LogP contribution in [0.4, 0.5) is 0 Å². The van der Waals surface area contributed by atoms with Crippen molar-refractivity contribution in [2.24, 2.45) is 0 Å². The van der Waals surface area contributed by atoms with E-state index in [0.29, 0.717) is 6.04 Å². The average molecular weight is 347 g/mol. The first-order chi connectivity index (χ1) is 8.65. The lowest BCUT2D eigenvalue weighted by Gasteiger charge is -2.28. The summed E-state index contributed by atoms with van der Waals surface area (Å²) in [5, 5.41) is 4.38. The van der Waals surface area contributed by atoms with E-state index in [0.717, 1.165) is 11.7 Å². The second kappa shape index (κ2) is 6.87. The molecule has 1 saturated carbocycles. The van der Waals surface area contributed by atoms with Crippen LogP contribution in [0.3, 0.4) is 0 Å². The number of rotatable bonds is 3. The Morgan fingerprint density at radius 3 is 2.78 bits per heavy atom. The normalized spacial score (nSPS) is 16.6. The maximum atomic E-state index is 5.47. The SMILES string of the molecule is CN(Cc1ccc(Br)s1)C(=S)NC1CCCCC1. The average Bonchev–Trinajstić information content (AvgIpc) is 2.76. The number of hydrogen-bond donors (Lipinski definition) is 1. The van der Waals surface area contributed by atoms with Gasteiger partial charge >= 0.3 is 0 Å². The molecule has 1 aromatic heterocycles. The van der Waals surface area contributed by atoms with Crippen LogP contribution < -0.4 is 5.32 Å². The lowest BCUT2D eigenvalue weighted by atomic mass is 9.96. The van der Waals surface area contributed by atoms with E-state index in [-0.39, 0.29) is 0 Å². The van der Waals surface area contributed by atoms with Gasteiger partial charge < -0.3 is 10.2 Å². The van der Waals surface area contributed by atoms with Crippen LogP contribution in [0.2, 0.25) is 0 Å². The molecule has 0 aromatic carbocycles.